The minimum Gasteiger partial charge on any atom is -0.515 e. The number of rotatable bonds is 6. The van der Waals surface area contributed by atoms with E-state index in [1.165, 1.54) is 6.08 Å². The van der Waals surface area contributed by atoms with Crippen LogP contribution in [-0.2, 0) is 11.2 Å². The molecule has 0 fully saturated rings. The third kappa shape index (κ3) is 4.39. The Labute approximate surface area is 140 Å². The van der Waals surface area contributed by atoms with Gasteiger partial charge in [0, 0.05) is 29.9 Å². The van der Waals surface area contributed by atoms with Crippen LogP contribution >= 0.6 is 0 Å². The van der Waals surface area contributed by atoms with E-state index in [1.54, 1.807) is 30.6 Å². The smallest absolute Gasteiger partial charge is 0.258 e. The normalized spacial score (nSPS) is 11.9. The lowest BCUT2D eigenvalue weighted by atomic mass is 10.1. The molecule has 5 nitrogen and oxygen atoms in total. The molecule has 122 valence electrons. The molecule has 0 aliphatic rings. The van der Waals surface area contributed by atoms with Gasteiger partial charge in [0.15, 0.2) is 0 Å². The first-order chi connectivity index (χ1) is 11.7. The molecular formula is C19H19N3O2. The van der Waals surface area contributed by atoms with E-state index in [2.05, 4.69) is 10.3 Å². The second-order valence-corrected chi connectivity index (χ2v) is 5.07. The topological polar surface area (TPSA) is 86.1 Å². The van der Waals surface area contributed by atoms with Gasteiger partial charge >= 0.3 is 0 Å². The van der Waals surface area contributed by atoms with E-state index < -0.39 is 5.91 Å². The van der Waals surface area contributed by atoms with Gasteiger partial charge in [-0.2, -0.15) is 0 Å². The van der Waals surface area contributed by atoms with Crippen molar-refractivity contribution in [3.05, 3.63) is 77.8 Å². The summed E-state index contributed by atoms with van der Waals surface area (Å²) in [5.74, 6) is -0.445. The second kappa shape index (κ2) is 8.43. The predicted octanol–water partition coefficient (Wildman–Crippen LogP) is 3.76. The van der Waals surface area contributed by atoms with Gasteiger partial charge in [-0.05, 0) is 47.9 Å². The molecule has 0 saturated carbocycles. The van der Waals surface area contributed by atoms with Crippen molar-refractivity contribution in [2.75, 3.05) is 5.32 Å². The molecule has 0 saturated heterocycles. The molecule has 2 rings (SSSR count). The predicted molar refractivity (Wildman–Crippen MR) is 96.2 cm³/mol. The first kappa shape index (κ1) is 17.1. The fourth-order valence-electron chi connectivity index (χ4n) is 2.15. The van der Waals surface area contributed by atoms with Gasteiger partial charge in [0.25, 0.3) is 5.91 Å². The zero-order valence-corrected chi connectivity index (χ0v) is 13.4. The van der Waals surface area contributed by atoms with Crippen LogP contribution in [-0.4, -0.2) is 22.2 Å². The van der Waals surface area contributed by atoms with Gasteiger partial charge in [-0.1, -0.05) is 19.1 Å². The van der Waals surface area contributed by atoms with E-state index in [9.17, 15) is 9.90 Å². The minimum atomic E-state index is -0.445. The van der Waals surface area contributed by atoms with Crippen molar-refractivity contribution in [2.24, 2.45) is 0 Å². The highest BCUT2D eigenvalue weighted by molar-refractivity contribution is 6.14. The summed E-state index contributed by atoms with van der Waals surface area (Å²) in [6.07, 6.45) is 7.40. The van der Waals surface area contributed by atoms with Crippen LogP contribution in [0.3, 0.4) is 0 Å². The van der Waals surface area contributed by atoms with Gasteiger partial charge in [-0.3, -0.25) is 9.78 Å². The molecular weight excluding hydrogens is 302 g/mol. The van der Waals surface area contributed by atoms with Gasteiger partial charge in [0.1, 0.15) is 0 Å². The number of hydrogen-bond acceptors (Lipinski definition) is 4. The zero-order valence-electron chi connectivity index (χ0n) is 13.4. The molecule has 0 atom stereocenters. The van der Waals surface area contributed by atoms with Crippen LogP contribution in [0.4, 0.5) is 5.69 Å². The maximum Gasteiger partial charge on any atom is 0.258 e. The van der Waals surface area contributed by atoms with Crippen LogP contribution < -0.4 is 5.32 Å². The molecule has 24 heavy (non-hydrogen) atoms. The molecule has 1 aromatic carbocycles. The number of allylic oxidation sites excluding steroid dienone is 1. The molecule has 0 spiro atoms. The van der Waals surface area contributed by atoms with Crippen LogP contribution in [0.2, 0.25) is 0 Å². The fraction of sp³-hybridized carbons (Fsp3) is 0.105. The maximum atomic E-state index is 12.4. The lowest BCUT2D eigenvalue weighted by Crippen LogP contribution is -2.14. The van der Waals surface area contributed by atoms with Gasteiger partial charge in [-0.15, -0.1) is 0 Å². The summed E-state index contributed by atoms with van der Waals surface area (Å²) < 4.78 is 0. The van der Waals surface area contributed by atoms with E-state index in [4.69, 9.17) is 5.41 Å². The summed E-state index contributed by atoms with van der Waals surface area (Å²) in [5.41, 5.74) is 3.06. The van der Waals surface area contributed by atoms with Gasteiger partial charge < -0.3 is 15.8 Å². The highest BCUT2D eigenvalue weighted by Gasteiger charge is 2.10. The molecule has 5 heteroatoms. The highest BCUT2D eigenvalue weighted by Crippen LogP contribution is 2.16. The molecule has 1 amide bonds. The summed E-state index contributed by atoms with van der Waals surface area (Å²) in [7, 11) is 0. The third-order valence-corrected chi connectivity index (χ3v) is 3.47. The van der Waals surface area contributed by atoms with Crippen molar-refractivity contribution in [2.45, 2.75) is 13.3 Å². The lowest BCUT2D eigenvalue weighted by molar-refractivity contribution is -0.112. The molecule has 2 aromatic rings. The molecule has 0 radical (unpaired) electrons. The lowest BCUT2D eigenvalue weighted by Gasteiger charge is -2.08. The van der Waals surface area contributed by atoms with E-state index in [0.29, 0.717) is 11.3 Å². The number of aromatic nitrogens is 1. The largest absolute Gasteiger partial charge is 0.515 e. The number of carbonyl (C=O) groups excluding carboxylic acids is 1. The molecule has 0 aliphatic heterocycles. The van der Waals surface area contributed by atoms with Gasteiger partial charge in [0.2, 0.25) is 0 Å². The van der Waals surface area contributed by atoms with E-state index in [0.717, 1.165) is 30.0 Å². The number of aliphatic hydroxyl groups excluding tert-OH is 1. The number of hydrogen-bond donors (Lipinski definition) is 3. The minimum absolute atomic E-state index is 0.0622. The van der Waals surface area contributed by atoms with Crippen molar-refractivity contribution < 1.29 is 9.90 Å². The number of anilines is 1. The first-order valence-corrected chi connectivity index (χ1v) is 7.55. The average Bonchev–Trinajstić information content (AvgIpc) is 2.63. The Kier molecular flexibility index (Phi) is 6.02. The van der Waals surface area contributed by atoms with Crippen LogP contribution in [0.5, 0.6) is 0 Å². The quantitative estimate of drug-likeness (QED) is 0.328. The average molecular weight is 321 g/mol. The van der Waals surface area contributed by atoms with E-state index in [1.807, 2.05) is 25.1 Å². The Morgan fingerprint density at radius 2 is 2.04 bits per heavy atom. The van der Waals surface area contributed by atoms with Crippen molar-refractivity contribution in [1.82, 2.24) is 4.98 Å². The van der Waals surface area contributed by atoms with Gasteiger partial charge in [-0.25, -0.2) is 0 Å². The van der Waals surface area contributed by atoms with Crippen molar-refractivity contribution in [3.8, 4) is 0 Å². The highest BCUT2D eigenvalue weighted by atomic mass is 16.2. The summed E-state index contributed by atoms with van der Waals surface area (Å²) in [6.45, 7) is 2.04. The summed E-state index contributed by atoms with van der Waals surface area (Å²) >= 11 is 0. The van der Waals surface area contributed by atoms with Crippen LogP contribution in [0.25, 0.3) is 5.57 Å². The van der Waals surface area contributed by atoms with Crippen LogP contribution in [0.15, 0.2) is 66.7 Å². The number of pyridine rings is 1. The number of nitrogens with one attached hydrogen (secondary N) is 2. The standard InChI is InChI=1S/C19H19N3O2/c1-2-14-4-3-5-18(10-14)22-19(24)17(13-23)11-16(12-20)15-6-8-21-9-7-15/h3-13,20,23H,2H2,1H3,(H,22,24). The Bertz CT molecular complexity index is 780. The Morgan fingerprint density at radius 1 is 1.29 bits per heavy atom. The van der Waals surface area contributed by atoms with E-state index in [-0.39, 0.29) is 5.57 Å². The SMILES string of the molecule is CCc1cccc(NC(=O)C(=CO)C=C(C=N)c2ccncc2)c1. The second-order valence-electron chi connectivity index (χ2n) is 5.07. The van der Waals surface area contributed by atoms with Crippen molar-refractivity contribution in [3.63, 3.8) is 0 Å². The zero-order chi connectivity index (χ0) is 17.4. The van der Waals surface area contributed by atoms with E-state index >= 15 is 0 Å². The molecule has 1 heterocycles. The monoisotopic (exact) mass is 321 g/mol. The molecule has 3 N–H and O–H groups in total. The Balaban J connectivity index is 2.22. The number of amides is 1. The first-order valence-electron chi connectivity index (χ1n) is 7.55. The molecule has 0 aliphatic carbocycles. The summed E-state index contributed by atoms with van der Waals surface area (Å²) in [6, 6.07) is 11.0. The van der Waals surface area contributed by atoms with Crippen LogP contribution in [0, 0.1) is 5.41 Å². The number of benzene rings is 1. The Morgan fingerprint density at radius 3 is 2.67 bits per heavy atom. The maximum absolute atomic E-state index is 12.4. The molecule has 1 aromatic heterocycles. The van der Waals surface area contributed by atoms with Gasteiger partial charge in [0.05, 0.1) is 11.8 Å². The Hall–Kier alpha value is -3.21. The number of nitrogens with zero attached hydrogens (tertiary/aromatic N) is 1. The molecule has 0 bridgehead atoms. The number of aliphatic hydroxyl groups is 1. The fourth-order valence-corrected chi connectivity index (χ4v) is 2.15. The summed E-state index contributed by atoms with van der Waals surface area (Å²) in [4.78, 5) is 16.3. The van der Waals surface area contributed by atoms with Crippen LogP contribution in [0.1, 0.15) is 18.1 Å². The third-order valence-electron chi connectivity index (χ3n) is 3.47. The van der Waals surface area contributed by atoms with Crippen molar-refractivity contribution >= 4 is 23.4 Å². The number of carbonyl (C=O) groups is 1. The van der Waals surface area contributed by atoms with Crippen molar-refractivity contribution in [1.29, 1.82) is 5.41 Å². The number of aryl methyl sites for hydroxylation is 1. The molecule has 0 unspecified atom stereocenters. The summed E-state index contributed by atoms with van der Waals surface area (Å²) in [5, 5.41) is 19.7.